The lowest BCUT2D eigenvalue weighted by molar-refractivity contribution is -0.118. The van der Waals surface area contributed by atoms with Crippen molar-refractivity contribution in [2.24, 2.45) is 0 Å². The first-order valence-electron chi connectivity index (χ1n) is 9.56. The van der Waals surface area contributed by atoms with Gasteiger partial charge < -0.3 is 15.0 Å². The SMILES string of the molecule is Cc1nc(-c2nnc[nH]2)ccc1-c1cnc2c(n1)N(C1CCOCC1)C(=O)CN2. The van der Waals surface area contributed by atoms with Gasteiger partial charge in [-0.25, -0.2) is 15.0 Å². The average molecular weight is 392 g/mol. The smallest absolute Gasteiger partial charge is 0.247 e. The molecule has 3 aromatic rings. The molecule has 2 N–H and O–H groups in total. The Labute approximate surface area is 166 Å². The summed E-state index contributed by atoms with van der Waals surface area (Å²) in [6, 6.07) is 3.88. The van der Waals surface area contributed by atoms with E-state index in [1.54, 1.807) is 11.1 Å². The Kier molecular flexibility index (Phi) is 4.39. The summed E-state index contributed by atoms with van der Waals surface area (Å²) >= 11 is 0. The number of H-pyrrole nitrogens is 1. The van der Waals surface area contributed by atoms with Gasteiger partial charge in [-0.15, -0.1) is 10.2 Å². The number of anilines is 2. The van der Waals surface area contributed by atoms with Gasteiger partial charge in [0.2, 0.25) is 5.91 Å². The Morgan fingerprint density at radius 2 is 2.03 bits per heavy atom. The van der Waals surface area contributed by atoms with Crippen LogP contribution in [0.1, 0.15) is 18.5 Å². The van der Waals surface area contributed by atoms with Crippen LogP contribution in [0.4, 0.5) is 11.6 Å². The van der Waals surface area contributed by atoms with Crippen molar-refractivity contribution in [1.82, 2.24) is 30.1 Å². The van der Waals surface area contributed by atoms with E-state index in [2.05, 4.69) is 30.5 Å². The van der Waals surface area contributed by atoms with Crippen LogP contribution < -0.4 is 10.2 Å². The molecule has 2 aliphatic rings. The number of amides is 1. The van der Waals surface area contributed by atoms with Crippen molar-refractivity contribution in [3.8, 4) is 22.8 Å². The Bertz CT molecular complexity index is 1050. The summed E-state index contributed by atoms with van der Waals surface area (Å²) in [6.45, 7) is 3.44. The minimum atomic E-state index is 0.00589. The highest BCUT2D eigenvalue weighted by Crippen LogP contribution is 2.33. The van der Waals surface area contributed by atoms with E-state index in [-0.39, 0.29) is 18.5 Å². The fourth-order valence-electron chi connectivity index (χ4n) is 3.78. The van der Waals surface area contributed by atoms with Crippen LogP contribution in [0.15, 0.2) is 24.7 Å². The first-order valence-corrected chi connectivity index (χ1v) is 9.56. The van der Waals surface area contributed by atoms with E-state index in [1.165, 1.54) is 6.33 Å². The molecule has 2 aliphatic heterocycles. The molecule has 3 aromatic heterocycles. The van der Waals surface area contributed by atoms with Gasteiger partial charge in [0.05, 0.1) is 18.4 Å². The lowest BCUT2D eigenvalue weighted by Gasteiger charge is -2.36. The maximum Gasteiger partial charge on any atom is 0.247 e. The molecule has 1 fully saturated rings. The third-order valence-corrected chi connectivity index (χ3v) is 5.24. The standard InChI is InChI=1S/C19H20N8O2/c1-11-13(2-3-14(24-11)17-22-10-23-26-17)15-8-20-18-19(25-15)27(16(28)9-21-18)12-4-6-29-7-5-12/h2-3,8,10,12H,4-7,9H2,1H3,(H,20,21)(H,22,23,26). The lowest BCUT2D eigenvalue weighted by Crippen LogP contribution is -2.49. The summed E-state index contributed by atoms with van der Waals surface area (Å²) in [5.41, 5.74) is 3.02. The first-order chi connectivity index (χ1) is 14.2. The highest BCUT2D eigenvalue weighted by molar-refractivity contribution is 6.01. The number of pyridine rings is 1. The highest BCUT2D eigenvalue weighted by Gasteiger charge is 2.33. The second-order valence-corrected chi connectivity index (χ2v) is 7.06. The second kappa shape index (κ2) is 7.21. The Morgan fingerprint density at radius 3 is 2.79 bits per heavy atom. The van der Waals surface area contributed by atoms with Gasteiger partial charge in [-0.2, -0.15) is 0 Å². The molecule has 0 saturated carbocycles. The molecule has 0 spiro atoms. The van der Waals surface area contributed by atoms with Crippen molar-refractivity contribution >= 4 is 17.5 Å². The van der Waals surface area contributed by atoms with E-state index < -0.39 is 0 Å². The Morgan fingerprint density at radius 1 is 1.17 bits per heavy atom. The van der Waals surface area contributed by atoms with Crippen LogP contribution in [0.2, 0.25) is 0 Å². The number of aromatic amines is 1. The van der Waals surface area contributed by atoms with E-state index in [9.17, 15) is 4.79 Å². The zero-order chi connectivity index (χ0) is 19.8. The number of nitrogens with one attached hydrogen (secondary N) is 2. The molecule has 148 valence electrons. The minimum Gasteiger partial charge on any atom is -0.381 e. The van der Waals surface area contributed by atoms with Crippen LogP contribution in [0.3, 0.4) is 0 Å². The number of rotatable bonds is 3. The van der Waals surface area contributed by atoms with Crippen LogP contribution in [0.25, 0.3) is 22.8 Å². The number of nitrogens with zero attached hydrogens (tertiary/aromatic N) is 6. The summed E-state index contributed by atoms with van der Waals surface area (Å²) < 4.78 is 5.45. The third-order valence-electron chi connectivity index (χ3n) is 5.24. The molecule has 5 rings (SSSR count). The summed E-state index contributed by atoms with van der Waals surface area (Å²) in [5.74, 6) is 1.82. The predicted octanol–water partition coefficient (Wildman–Crippen LogP) is 1.57. The number of ether oxygens (including phenoxy) is 1. The van der Waals surface area contributed by atoms with Gasteiger partial charge in [0, 0.05) is 30.5 Å². The predicted molar refractivity (Wildman–Crippen MR) is 105 cm³/mol. The van der Waals surface area contributed by atoms with Crippen molar-refractivity contribution in [3.05, 3.63) is 30.4 Å². The molecule has 0 atom stereocenters. The molecule has 0 radical (unpaired) electrons. The van der Waals surface area contributed by atoms with E-state index in [1.807, 2.05) is 19.1 Å². The fourth-order valence-corrected chi connectivity index (χ4v) is 3.78. The van der Waals surface area contributed by atoms with Crippen LogP contribution in [-0.2, 0) is 9.53 Å². The summed E-state index contributed by atoms with van der Waals surface area (Å²) in [7, 11) is 0. The molecule has 0 bridgehead atoms. The normalized spacial score (nSPS) is 17.1. The number of carbonyl (C=O) groups is 1. The average Bonchev–Trinajstić information content (AvgIpc) is 3.29. The van der Waals surface area contributed by atoms with Gasteiger partial charge in [0.25, 0.3) is 0 Å². The van der Waals surface area contributed by atoms with E-state index in [0.29, 0.717) is 42.1 Å². The number of carbonyl (C=O) groups excluding carboxylic acids is 1. The second-order valence-electron chi connectivity index (χ2n) is 7.06. The van der Waals surface area contributed by atoms with Crippen LogP contribution >= 0.6 is 0 Å². The lowest BCUT2D eigenvalue weighted by atomic mass is 10.1. The van der Waals surface area contributed by atoms with Crippen molar-refractivity contribution < 1.29 is 9.53 Å². The first kappa shape index (κ1) is 17.7. The number of fused-ring (bicyclic) bond motifs is 1. The number of hydrogen-bond acceptors (Lipinski definition) is 8. The number of aromatic nitrogens is 6. The van der Waals surface area contributed by atoms with Gasteiger partial charge in [-0.1, -0.05) is 0 Å². The molecule has 0 aliphatic carbocycles. The molecule has 10 heteroatoms. The minimum absolute atomic E-state index is 0.00589. The molecule has 0 aromatic carbocycles. The molecular formula is C19H20N8O2. The maximum absolute atomic E-state index is 12.7. The highest BCUT2D eigenvalue weighted by atomic mass is 16.5. The number of hydrogen-bond donors (Lipinski definition) is 2. The summed E-state index contributed by atoms with van der Waals surface area (Å²) in [5, 5.41) is 10.9. The van der Waals surface area contributed by atoms with E-state index in [4.69, 9.17) is 9.72 Å². The Hall–Kier alpha value is -3.40. The quantitative estimate of drug-likeness (QED) is 0.689. The van der Waals surface area contributed by atoms with Gasteiger partial charge in [0.1, 0.15) is 12.0 Å². The third kappa shape index (κ3) is 3.21. The Balaban J connectivity index is 1.53. The molecule has 1 saturated heterocycles. The van der Waals surface area contributed by atoms with Crippen LogP contribution in [0.5, 0.6) is 0 Å². The van der Waals surface area contributed by atoms with Crippen LogP contribution in [0, 0.1) is 6.92 Å². The van der Waals surface area contributed by atoms with Gasteiger partial charge in [0.15, 0.2) is 17.5 Å². The van der Waals surface area contributed by atoms with E-state index in [0.717, 1.165) is 24.1 Å². The topological polar surface area (TPSA) is 122 Å². The summed E-state index contributed by atoms with van der Waals surface area (Å²) in [4.78, 5) is 31.4. The molecule has 29 heavy (non-hydrogen) atoms. The van der Waals surface area contributed by atoms with Gasteiger partial charge >= 0.3 is 0 Å². The largest absolute Gasteiger partial charge is 0.381 e. The van der Waals surface area contributed by atoms with E-state index >= 15 is 0 Å². The molecular weight excluding hydrogens is 372 g/mol. The molecule has 0 unspecified atom stereocenters. The van der Waals surface area contributed by atoms with Crippen molar-refractivity contribution in [3.63, 3.8) is 0 Å². The maximum atomic E-state index is 12.7. The monoisotopic (exact) mass is 392 g/mol. The number of aryl methyl sites for hydroxylation is 1. The van der Waals surface area contributed by atoms with Crippen molar-refractivity contribution in [1.29, 1.82) is 0 Å². The fraction of sp³-hybridized carbons (Fsp3) is 0.368. The summed E-state index contributed by atoms with van der Waals surface area (Å²) in [6.07, 6.45) is 4.82. The molecule has 1 amide bonds. The molecule has 10 nitrogen and oxygen atoms in total. The van der Waals surface area contributed by atoms with Crippen molar-refractivity contribution in [2.45, 2.75) is 25.8 Å². The van der Waals surface area contributed by atoms with Gasteiger partial charge in [-0.05, 0) is 31.9 Å². The van der Waals surface area contributed by atoms with Gasteiger partial charge in [-0.3, -0.25) is 9.69 Å². The van der Waals surface area contributed by atoms with Crippen molar-refractivity contribution in [2.75, 3.05) is 30.0 Å². The van der Waals surface area contributed by atoms with Crippen LogP contribution in [-0.4, -0.2) is 61.8 Å². The molecule has 5 heterocycles. The zero-order valence-electron chi connectivity index (χ0n) is 15.9. The zero-order valence-corrected chi connectivity index (χ0v) is 15.9.